The van der Waals surface area contributed by atoms with Gasteiger partial charge >= 0.3 is 6.16 Å². The highest BCUT2D eigenvalue weighted by atomic mass is 16.7. The molecule has 0 aromatic heterocycles. The lowest BCUT2D eigenvalue weighted by Crippen LogP contribution is -2.34. The first kappa shape index (κ1) is 37.0. The second-order valence-corrected chi connectivity index (χ2v) is 8.51. The Hall–Kier alpha value is -2.55. The molecule has 3 heteroatoms. The summed E-state index contributed by atoms with van der Waals surface area (Å²) in [6.45, 7) is 28.2. The molecule has 3 nitrogen and oxygen atoms in total. The smallest absolute Gasteiger partial charge is 0.438 e. The Morgan fingerprint density at radius 3 is 2.00 bits per heavy atom. The fourth-order valence-corrected chi connectivity index (χ4v) is 4.24. The van der Waals surface area contributed by atoms with Gasteiger partial charge in [0.15, 0.2) is 0 Å². The van der Waals surface area contributed by atoms with Crippen LogP contribution in [0.25, 0.3) is 0 Å². The highest BCUT2D eigenvalue weighted by molar-refractivity contribution is 5.59. The number of carbonyl (C=O) groups is 1. The summed E-state index contributed by atoms with van der Waals surface area (Å²) in [7, 11) is 2.51. The van der Waals surface area contributed by atoms with Crippen LogP contribution in [-0.4, -0.2) is 20.4 Å². The average Bonchev–Trinajstić information content (AvgIpc) is 3.10. The van der Waals surface area contributed by atoms with Gasteiger partial charge in [-0.05, 0) is 54.1 Å². The largest absolute Gasteiger partial charge is 0.507 e. The van der Waals surface area contributed by atoms with Crippen LogP contribution >= 0.6 is 0 Å². The van der Waals surface area contributed by atoms with Crippen LogP contribution in [-0.2, 0) is 9.47 Å². The highest BCUT2D eigenvalue weighted by Crippen LogP contribution is 2.53. The SMILES string of the molecule is C=C/C=C(\C=C)C1(C)CCCC(C)(C2=CC=CC(C)C=C2)C1.C=CC.CC.CC.COC(=O)OC. The first-order valence-corrected chi connectivity index (χ1v) is 12.9. The van der Waals surface area contributed by atoms with Crippen molar-refractivity contribution in [2.24, 2.45) is 16.7 Å². The number of allylic oxidation sites excluding steroid dienone is 11. The van der Waals surface area contributed by atoms with Crippen LogP contribution in [0.1, 0.15) is 81.1 Å². The Balaban J connectivity index is -0.000000661. The summed E-state index contributed by atoms with van der Waals surface area (Å²) in [5.41, 5.74) is 3.23. The third-order valence-corrected chi connectivity index (χ3v) is 5.75. The molecule has 2 rings (SSSR count). The van der Waals surface area contributed by atoms with Crippen LogP contribution < -0.4 is 0 Å². The van der Waals surface area contributed by atoms with Crippen LogP contribution in [0.5, 0.6) is 0 Å². The Kier molecular flexibility index (Phi) is 23.2. The summed E-state index contributed by atoms with van der Waals surface area (Å²) in [4.78, 5) is 9.74. The molecule has 0 amide bonds. The molecule has 0 aromatic carbocycles. The molecule has 1 fully saturated rings. The van der Waals surface area contributed by atoms with Crippen LogP contribution in [0.15, 0.2) is 85.6 Å². The number of rotatable bonds is 4. The molecule has 0 aromatic rings. The monoisotopic (exact) mass is 486 g/mol. The van der Waals surface area contributed by atoms with E-state index >= 15 is 0 Å². The summed E-state index contributed by atoms with van der Waals surface area (Å²) >= 11 is 0. The van der Waals surface area contributed by atoms with Gasteiger partial charge in [-0.1, -0.05) is 123 Å². The number of methoxy groups -OCH3 is 2. The number of hydrogen-bond acceptors (Lipinski definition) is 3. The lowest BCUT2D eigenvalue weighted by atomic mass is 9.58. The minimum atomic E-state index is -0.657. The van der Waals surface area contributed by atoms with Crippen molar-refractivity contribution < 1.29 is 14.3 Å². The molecule has 0 bridgehead atoms. The van der Waals surface area contributed by atoms with Gasteiger partial charge in [0.2, 0.25) is 0 Å². The van der Waals surface area contributed by atoms with E-state index in [0.717, 1.165) is 0 Å². The molecule has 0 spiro atoms. The second-order valence-electron chi connectivity index (χ2n) is 8.51. The molecule has 0 radical (unpaired) electrons. The van der Waals surface area contributed by atoms with Crippen molar-refractivity contribution in [3.05, 3.63) is 85.6 Å². The molecule has 2 aliphatic carbocycles. The summed E-state index contributed by atoms with van der Waals surface area (Å²) in [6.07, 6.45) is 23.6. The molecular formula is C32H54O3. The normalized spacial score (nSPS) is 24.3. The van der Waals surface area contributed by atoms with E-state index in [1.165, 1.54) is 51.0 Å². The van der Waals surface area contributed by atoms with E-state index in [1.807, 2.05) is 46.8 Å². The third-order valence-electron chi connectivity index (χ3n) is 5.75. The van der Waals surface area contributed by atoms with Gasteiger partial charge in [-0.25, -0.2) is 4.79 Å². The Morgan fingerprint density at radius 1 is 1.03 bits per heavy atom. The van der Waals surface area contributed by atoms with Gasteiger partial charge in [-0.3, -0.25) is 0 Å². The molecule has 35 heavy (non-hydrogen) atoms. The lowest BCUT2D eigenvalue weighted by Gasteiger charge is -2.46. The van der Waals surface area contributed by atoms with Gasteiger partial charge in [0.25, 0.3) is 0 Å². The van der Waals surface area contributed by atoms with Gasteiger partial charge in [0, 0.05) is 0 Å². The van der Waals surface area contributed by atoms with Crippen molar-refractivity contribution in [3.8, 4) is 0 Å². The van der Waals surface area contributed by atoms with Crippen LogP contribution in [0.2, 0.25) is 0 Å². The first-order chi connectivity index (χ1) is 16.7. The standard InChI is InChI=1S/C22H30.C3H6O3.C3H6.2C2H6/c1-6-10-19(7-2)21(4)15-9-16-22(5,17-21)20-12-8-11-18(3)13-14-20;1-5-3(4)6-2;1-3-2;2*1-2/h6-8,10-14,18H,1-2,9,15-17H2,3-5H3;1-2H3;3H,1H2,2H3;2*1-2H3/b19-10+;;;;. The Morgan fingerprint density at radius 2 is 1.57 bits per heavy atom. The number of carbonyl (C=O) groups excluding carboxylic acids is 1. The molecule has 3 atom stereocenters. The van der Waals surface area contributed by atoms with E-state index in [9.17, 15) is 4.79 Å². The lowest BCUT2D eigenvalue weighted by molar-refractivity contribution is 0.0924. The minimum absolute atomic E-state index is 0.194. The predicted octanol–water partition coefficient (Wildman–Crippen LogP) is 10.2. The predicted molar refractivity (Wildman–Crippen MR) is 157 cm³/mol. The van der Waals surface area contributed by atoms with E-state index < -0.39 is 6.16 Å². The van der Waals surface area contributed by atoms with E-state index in [2.05, 4.69) is 86.4 Å². The summed E-state index contributed by atoms with van der Waals surface area (Å²) in [5.74, 6) is 0.525. The van der Waals surface area contributed by atoms with Gasteiger partial charge in [0.05, 0.1) is 14.2 Å². The van der Waals surface area contributed by atoms with Crippen molar-refractivity contribution >= 4 is 6.16 Å². The summed E-state index contributed by atoms with van der Waals surface area (Å²) in [6, 6.07) is 0. The van der Waals surface area contributed by atoms with Crippen LogP contribution in [0, 0.1) is 16.7 Å². The van der Waals surface area contributed by atoms with Gasteiger partial charge in [-0.15, -0.1) is 6.58 Å². The van der Waals surface area contributed by atoms with Crippen molar-refractivity contribution in [1.82, 2.24) is 0 Å². The minimum Gasteiger partial charge on any atom is -0.438 e. The Labute approximate surface area is 218 Å². The first-order valence-electron chi connectivity index (χ1n) is 12.9. The van der Waals surface area contributed by atoms with Crippen molar-refractivity contribution in [3.63, 3.8) is 0 Å². The third kappa shape index (κ3) is 14.4. The van der Waals surface area contributed by atoms with E-state index in [0.29, 0.717) is 5.92 Å². The second kappa shape index (κ2) is 21.9. The molecule has 0 aliphatic heterocycles. The van der Waals surface area contributed by atoms with E-state index in [-0.39, 0.29) is 10.8 Å². The summed E-state index contributed by atoms with van der Waals surface area (Å²) < 4.78 is 8.08. The Bertz CT molecular complexity index is 717. The molecule has 0 saturated heterocycles. The zero-order valence-electron chi connectivity index (χ0n) is 24.4. The van der Waals surface area contributed by atoms with Crippen molar-refractivity contribution in [2.75, 3.05) is 14.2 Å². The molecular weight excluding hydrogens is 432 g/mol. The molecule has 1 saturated carbocycles. The zero-order chi connectivity index (χ0) is 27.9. The maximum Gasteiger partial charge on any atom is 0.507 e. The van der Waals surface area contributed by atoms with Gasteiger partial charge in [-0.2, -0.15) is 0 Å². The number of ether oxygens (including phenoxy) is 2. The van der Waals surface area contributed by atoms with E-state index in [1.54, 1.807) is 6.08 Å². The molecule has 3 unspecified atom stereocenters. The molecule has 0 N–H and O–H groups in total. The van der Waals surface area contributed by atoms with Crippen LogP contribution in [0.3, 0.4) is 0 Å². The number of hydrogen-bond donors (Lipinski definition) is 0. The maximum atomic E-state index is 9.74. The highest BCUT2D eigenvalue weighted by Gasteiger charge is 2.41. The van der Waals surface area contributed by atoms with Crippen LogP contribution in [0.4, 0.5) is 4.79 Å². The maximum absolute atomic E-state index is 9.74. The topological polar surface area (TPSA) is 35.5 Å². The van der Waals surface area contributed by atoms with Crippen molar-refractivity contribution in [2.45, 2.75) is 81.1 Å². The van der Waals surface area contributed by atoms with Gasteiger partial charge < -0.3 is 9.47 Å². The molecule has 2 aliphatic rings. The molecule has 0 heterocycles. The zero-order valence-corrected chi connectivity index (χ0v) is 24.4. The fourth-order valence-electron chi connectivity index (χ4n) is 4.24. The average molecular weight is 487 g/mol. The quantitative estimate of drug-likeness (QED) is 0.225. The van der Waals surface area contributed by atoms with E-state index in [4.69, 9.17) is 0 Å². The van der Waals surface area contributed by atoms with Gasteiger partial charge in [0.1, 0.15) is 0 Å². The van der Waals surface area contributed by atoms with Crippen molar-refractivity contribution in [1.29, 1.82) is 0 Å². The summed E-state index contributed by atoms with van der Waals surface area (Å²) in [5, 5.41) is 0. The fraction of sp³-hybridized carbons (Fsp3) is 0.531. The molecule has 200 valence electrons.